The lowest BCUT2D eigenvalue weighted by molar-refractivity contribution is -0.137. The van der Waals surface area contributed by atoms with Crippen molar-refractivity contribution >= 4 is 11.3 Å². The van der Waals surface area contributed by atoms with Crippen LogP contribution in [0.1, 0.15) is 22.5 Å². The zero-order chi connectivity index (χ0) is 9.35. The molecule has 1 nitrogen and oxygen atoms in total. The highest BCUT2D eigenvalue weighted by Crippen LogP contribution is 2.33. The van der Waals surface area contributed by atoms with Gasteiger partial charge in [0, 0.05) is 4.88 Å². The molecule has 0 atom stereocenters. The van der Waals surface area contributed by atoms with Crippen molar-refractivity contribution in [3.05, 3.63) is 15.6 Å². The van der Waals surface area contributed by atoms with E-state index in [0.717, 1.165) is 11.3 Å². The highest BCUT2D eigenvalue weighted by molar-refractivity contribution is 7.11. The van der Waals surface area contributed by atoms with Crippen LogP contribution in [0, 0.1) is 6.92 Å². The van der Waals surface area contributed by atoms with Crippen LogP contribution in [-0.4, -0.2) is 4.98 Å². The highest BCUT2D eigenvalue weighted by atomic mass is 32.1. The number of rotatable bonds is 1. The number of halogens is 3. The molecule has 0 aliphatic rings. The Hall–Kier alpha value is -0.580. The van der Waals surface area contributed by atoms with Crippen molar-refractivity contribution in [1.29, 1.82) is 0 Å². The van der Waals surface area contributed by atoms with Gasteiger partial charge in [0.1, 0.15) is 0 Å². The first-order valence-corrected chi connectivity index (χ1v) is 4.30. The number of hydrogen-bond donors (Lipinski definition) is 0. The molecule has 0 fully saturated rings. The summed E-state index contributed by atoms with van der Waals surface area (Å²) in [5, 5.41) is -0.739. The third-order valence-corrected chi connectivity index (χ3v) is 2.80. The van der Waals surface area contributed by atoms with Gasteiger partial charge in [-0.2, -0.15) is 13.2 Å². The molecule has 0 aromatic carbocycles. The number of thiazole rings is 1. The topological polar surface area (TPSA) is 12.9 Å². The van der Waals surface area contributed by atoms with E-state index in [9.17, 15) is 13.2 Å². The number of aryl methyl sites for hydroxylation is 2. The van der Waals surface area contributed by atoms with Crippen molar-refractivity contribution < 1.29 is 13.2 Å². The van der Waals surface area contributed by atoms with E-state index in [2.05, 4.69) is 4.98 Å². The molecule has 0 N–H and O–H groups in total. The van der Waals surface area contributed by atoms with Gasteiger partial charge >= 0.3 is 6.18 Å². The molecule has 0 aliphatic carbocycles. The first kappa shape index (κ1) is 9.51. The average Bonchev–Trinajstić information content (AvgIpc) is 2.29. The van der Waals surface area contributed by atoms with E-state index in [-0.39, 0.29) is 0 Å². The van der Waals surface area contributed by atoms with Crippen LogP contribution >= 0.6 is 11.3 Å². The lowest BCUT2D eigenvalue weighted by Crippen LogP contribution is -2.03. The summed E-state index contributed by atoms with van der Waals surface area (Å²) in [6.07, 6.45) is -3.68. The van der Waals surface area contributed by atoms with Crippen molar-refractivity contribution in [3.63, 3.8) is 0 Å². The van der Waals surface area contributed by atoms with Crippen LogP contribution in [0.2, 0.25) is 0 Å². The van der Waals surface area contributed by atoms with Gasteiger partial charge in [0.05, 0.1) is 5.69 Å². The smallest absolute Gasteiger partial charge is 0.237 e. The Morgan fingerprint density at radius 2 is 2.00 bits per heavy atom. The van der Waals surface area contributed by atoms with Crippen LogP contribution in [0.4, 0.5) is 13.2 Å². The summed E-state index contributed by atoms with van der Waals surface area (Å²) >= 11 is 0.730. The molecule has 0 amide bonds. The van der Waals surface area contributed by atoms with Crippen LogP contribution < -0.4 is 0 Å². The van der Waals surface area contributed by atoms with E-state index in [4.69, 9.17) is 0 Å². The van der Waals surface area contributed by atoms with Crippen molar-refractivity contribution in [1.82, 2.24) is 4.98 Å². The number of hydrogen-bond acceptors (Lipinski definition) is 2. The van der Waals surface area contributed by atoms with Crippen molar-refractivity contribution in [2.45, 2.75) is 26.4 Å². The molecular formula is C7H8F3NS. The minimum absolute atomic E-state index is 0.495. The zero-order valence-electron chi connectivity index (χ0n) is 6.70. The maximum Gasteiger partial charge on any atom is 0.443 e. The summed E-state index contributed by atoms with van der Waals surface area (Å²) in [5.74, 6) is 0. The first-order valence-electron chi connectivity index (χ1n) is 3.48. The van der Waals surface area contributed by atoms with E-state index in [1.807, 2.05) is 6.92 Å². The Labute approximate surface area is 72.2 Å². The molecule has 0 unspecified atom stereocenters. The van der Waals surface area contributed by atoms with Gasteiger partial charge < -0.3 is 0 Å². The van der Waals surface area contributed by atoms with E-state index < -0.39 is 11.2 Å². The quantitative estimate of drug-likeness (QED) is 0.671. The maximum atomic E-state index is 12.1. The average molecular weight is 195 g/mol. The summed E-state index contributed by atoms with van der Waals surface area (Å²) in [5.41, 5.74) is 0.495. The van der Waals surface area contributed by atoms with Gasteiger partial charge in [-0.1, -0.05) is 6.92 Å². The Kier molecular flexibility index (Phi) is 2.41. The largest absolute Gasteiger partial charge is 0.443 e. The SMILES string of the molecule is CCc1sc(C(F)(F)F)nc1C. The van der Waals surface area contributed by atoms with E-state index in [1.54, 1.807) is 6.92 Å². The lowest BCUT2D eigenvalue weighted by atomic mass is 10.3. The molecule has 1 aromatic rings. The fraction of sp³-hybridized carbons (Fsp3) is 0.571. The molecular weight excluding hydrogens is 187 g/mol. The van der Waals surface area contributed by atoms with Crippen LogP contribution in [0.3, 0.4) is 0 Å². The summed E-state index contributed by atoms with van der Waals surface area (Å²) in [4.78, 5) is 4.16. The van der Waals surface area contributed by atoms with Gasteiger partial charge in [-0.3, -0.25) is 0 Å². The third-order valence-electron chi connectivity index (χ3n) is 1.46. The minimum atomic E-state index is -4.29. The van der Waals surface area contributed by atoms with Crippen molar-refractivity contribution in [2.24, 2.45) is 0 Å². The molecule has 0 spiro atoms. The van der Waals surface area contributed by atoms with Gasteiger partial charge in [0.2, 0.25) is 0 Å². The number of aromatic nitrogens is 1. The highest BCUT2D eigenvalue weighted by Gasteiger charge is 2.35. The van der Waals surface area contributed by atoms with Gasteiger partial charge in [-0.15, -0.1) is 11.3 Å². The van der Waals surface area contributed by atoms with Crippen LogP contribution in [0.25, 0.3) is 0 Å². The fourth-order valence-corrected chi connectivity index (χ4v) is 1.75. The summed E-state index contributed by atoms with van der Waals surface area (Å²) in [7, 11) is 0. The summed E-state index contributed by atoms with van der Waals surface area (Å²) < 4.78 is 36.2. The molecule has 0 saturated heterocycles. The molecule has 68 valence electrons. The fourth-order valence-electron chi connectivity index (χ4n) is 0.877. The van der Waals surface area contributed by atoms with Crippen LogP contribution in [-0.2, 0) is 12.6 Å². The number of alkyl halides is 3. The minimum Gasteiger partial charge on any atom is -0.237 e. The zero-order valence-corrected chi connectivity index (χ0v) is 7.51. The molecule has 5 heteroatoms. The Bertz CT molecular complexity index is 277. The van der Waals surface area contributed by atoms with E-state index in [1.165, 1.54) is 0 Å². The molecule has 0 bridgehead atoms. The van der Waals surface area contributed by atoms with Gasteiger partial charge in [0.15, 0.2) is 5.01 Å². The standard InChI is InChI=1S/C7H8F3NS/c1-3-5-4(2)11-6(12-5)7(8,9)10/h3H2,1-2H3. The summed E-state index contributed by atoms with van der Waals surface area (Å²) in [6, 6.07) is 0. The predicted molar refractivity (Wildman–Crippen MR) is 41.2 cm³/mol. The molecule has 1 heterocycles. The van der Waals surface area contributed by atoms with Crippen LogP contribution in [0.15, 0.2) is 0 Å². The summed E-state index contributed by atoms with van der Waals surface area (Å²) in [6.45, 7) is 3.42. The molecule has 1 aromatic heterocycles. The molecule has 0 radical (unpaired) electrons. The Morgan fingerprint density at radius 1 is 1.42 bits per heavy atom. The molecule has 1 rings (SSSR count). The van der Waals surface area contributed by atoms with Gasteiger partial charge in [0.25, 0.3) is 0 Å². The van der Waals surface area contributed by atoms with Gasteiger partial charge in [-0.05, 0) is 13.3 Å². The van der Waals surface area contributed by atoms with Gasteiger partial charge in [-0.25, -0.2) is 4.98 Å². The van der Waals surface area contributed by atoms with Crippen molar-refractivity contribution in [3.8, 4) is 0 Å². The lowest BCUT2D eigenvalue weighted by Gasteiger charge is -1.98. The van der Waals surface area contributed by atoms with E-state index >= 15 is 0 Å². The molecule has 0 aliphatic heterocycles. The second-order valence-corrected chi connectivity index (χ2v) is 3.46. The Balaban J connectivity index is 3.05. The second kappa shape index (κ2) is 3.05. The number of nitrogens with zero attached hydrogens (tertiary/aromatic N) is 1. The van der Waals surface area contributed by atoms with Crippen LogP contribution in [0.5, 0.6) is 0 Å². The van der Waals surface area contributed by atoms with Crippen molar-refractivity contribution in [2.75, 3.05) is 0 Å². The molecule has 12 heavy (non-hydrogen) atoms. The Morgan fingerprint density at radius 3 is 2.25 bits per heavy atom. The normalized spacial score (nSPS) is 12.1. The molecule has 0 saturated carbocycles. The second-order valence-electron chi connectivity index (χ2n) is 2.38. The van der Waals surface area contributed by atoms with E-state index in [0.29, 0.717) is 17.0 Å². The predicted octanol–water partition coefficient (Wildman–Crippen LogP) is 3.03. The maximum absolute atomic E-state index is 12.1. The monoisotopic (exact) mass is 195 g/mol. The third kappa shape index (κ3) is 1.77. The first-order chi connectivity index (χ1) is 5.45.